The zero-order valence-electron chi connectivity index (χ0n) is 10.4. The molecule has 0 spiro atoms. The van der Waals surface area contributed by atoms with E-state index in [1.807, 2.05) is 19.9 Å². The third-order valence-corrected chi connectivity index (χ3v) is 3.60. The summed E-state index contributed by atoms with van der Waals surface area (Å²) in [6.07, 6.45) is 1.63. The maximum absolute atomic E-state index is 10.8. The summed E-state index contributed by atoms with van der Waals surface area (Å²) in [6, 6.07) is 6.33. The van der Waals surface area contributed by atoms with Crippen LogP contribution in [0.25, 0.3) is 0 Å². The number of nitro groups is 1. The number of rotatable bonds is 3. The van der Waals surface area contributed by atoms with Crippen molar-refractivity contribution in [2.75, 3.05) is 0 Å². The van der Waals surface area contributed by atoms with Crippen molar-refractivity contribution in [1.29, 1.82) is 0 Å². The van der Waals surface area contributed by atoms with Gasteiger partial charge in [0.1, 0.15) is 5.75 Å². The Labute approximate surface area is 118 Å². The number of halogens is 1. The highest BCUT2D eigenvalue weighted by Crippen LogP contribution is 2.33. The van der Waals surface area contributed by atoms with Crippen LogP contribution in [-0.2, 0) is 0 Å². The number of benzene rings is 1. The molecule has 0 aliphatic heterocycles. The molecule has 0 radical (unpaired) electrons. The molecule has 0 aliphatic rings. The van der Waals surface area contributed by atoms with E-state index in [2.05, 4.69) is 20.9 Å². The third kappa shape index (κ3) is 2.90. The van der Waals surface area contributed by atoms with E-state index in [0.717, 1.165) is 15.6 Å². The molecule has 0 atom stereocenters. The monoisotopic (exact) mass is 322 g/mol. The molecule has 0 amide bonds. The van der Waals surface area contributed by atoms with E-state index in [1.165, 1.54) is 12.1 Å². The van der Waals surface area contributed by atoms with Gasteiger partial charge in [0.05, 0.1) is 15.5 Å². The van der Waals surface area contributed by atoms with Gasteiger partial charge in [-0.2, -0.15) is 0 Å². The third-order valence-electron chi connectivity index (χ3n) is 2.64. The second kappa shape index (κ2) is 5.36. The lowest BCUT2D eigenvalue weighted by molar-refractivity contribution is -0.384. The van der Waals surface area contributed by atoms with E-state index in [9.17, 15) is 10.1 Å². The first-order valence-corrected chi connectivity index (χ1v) is 6.32. The second-order valence-electron chi connectivity index (χ2n) is 4.06. The maximum Gasteiger partial charge on any atom is 0.273 e. The lowest BCUT2D eigenvalue weighted by Gasteiger charge is -2.10. The Morgan fingerprint density at radius 1 is 1.26 bits per heavy atom. The second-order valence-corrected chi connectivity index (χ2v) is 4.85. The fourth-order valence-electron chi connectivity index (χ4n) is 1.50. The van der Waals surface area contributed by atoms with E-state index < -0.39 is 4.92 Å². The van der Waals surface area contributed by atoms with E-state index >= 15 is 0 Å². The van der Waals surface area contributed by atoms with Gasteiger partial charge in [-0.05, 0) is 53.0 Å². The molecule has 5 nitrogen and oxygen atoms in total. The zero-order chi connectivity index (χ0) is 14.0. The van der Waals surface area contributed by atoms with Crippen LogP contribution in [0.15, 0.2) is 34.9 Å². The highest BCUT2D eigenvalue weighted by Gasteiger charge is 2.13. The normalized spacial score (nSPS) is 10.3. The number of nitrogens with zero attached hydrogens (tertiary/aromatic N) is 2. The lowest BCUT2D eigenvalue weighted by Crippen LogP contribution is -1.95. The summed E-state index contributed by atoms with van der Waals surface area (Å²) in [5, 5.41) is 10.8. The summed E-state index contributed by atoms with van der Waals surface area (Å²) in [5.74, 6) is 0.816. The number of nitro benzene ring substituents is 1. The summed E-state index contributed by atoms with van der Waals surface area (Å²) in [4.78, 5) is 14.4. The standard InChI is InChI=1S/C13H11BrN2O3/c1-8-3-4-10(16(17)18)7-11(8)19-13-12(14)9(2)5-6-15-13/h3-7H,1-2H3. The Morgan fingerprint density at radius 2 is 2.00 bits per heavy atom. The fourth-order valence-corrected chi connectivity index (χ4v) is 1.82. The van der Waals surface area contributed by atoms with Crippen LogP contribution >= 0.6 is 15.9 Å². The topological polar surface area (TPSA) is 65.3 Å². The Bertz CT molecular complexity index is 644. The van der Waals surface area contributed by atoms with Crippen molar-refractivity contribution in [2.24, 2.45) is 0 Å². The molecule has 2 rings (SSSR count). The average Bonchev–Trinajstić information content (AvgIpc) is 2.37. The van der Waals surface area contributed by atoms with Crippen molar-refractivity contribution >= 4 is 21.6 Å². The molecule has 0 saturated heterocycles. The van der Waals surface area contributed by atoms with Gasteiger partial charge in [-0.15, -0.1) is 0 Å². The van der Waals surface area contributed by atoms with Crippen molar-refractivity contribution in [2.45, 2.75) is 13.8 Å². The van der Waals surface area contributed by atoms with Crippen LogP contribution < -0.4 is 4.74 Å². The number of aromatic nitrogens is 1. The molecule has 1 aromatic carbocycles. The van der Waals surface area contributed by atoms with Crippen molar-refractivity contribution in [1.82, 2.24) is 4.98 Å². The van der Waals surface area contributed by atoms with Crippen LogP contribution in [0.4, 0.5) is 5.69 Å². The molecule has 1 heterocycles. The zero-order valence-corrected chi connectivity index (χ0v) is 12.0. The van der Waals surface area contributed by atoms with Crippen molar-refractivity contribution in [3.8, 4) is 11.6 Å². The smallest absolute Gasteiger partial charge is 0.273 e. The number of hydrogen-bond acceptors (Lipinski definition) is 4. The van der Waals surface area contributed by atoms with Crippen LogP contribution in [-0.4, -0.2) is 9.91 Å². The Balaban J connectivity index is 2.40. The number of ether oxygens (including phenoxy) is 1. The van der Waals surface area contributed by atoms with Gasteiger partial charge in [0.2, 0.25) is 5.88 Å². The number of pyridine rings is 1. The van der Waals surface area contributed by atoms with Gasteiger partial charge in [-0.1, -0.05) is 0 Å². The van der Waals surface area contributed by atoms with Crippen LogP contribution in [0, 0.1) is 24.0 Å². The molecule has 98 valence electrons. The summed E-state index contributed by atoms with van der Waals surface area (Å²) >= 11 is 3.39. The number of non-ortho nitro benzene ring substituents is 1. The van der Waals surface area contributed by atoms with Gasteiger partial charge in [-0.3, -0.25) is 10.1 Å². The first-order chi connectivity index (χ1) is 8.99. The molecule has 0 aliphatic carbocycles. The maximum atomic E-state index is 10.8. The van der Waals surface area contributed by atoms with E-state index in [-0.39, 0.29) is 5.69 Å². The fraction of sp³-hybridized carbons (Fsp3) is 0.154. The average molecular weight is 323 g/mol. The molecule has 2 aromatic rings. The molecule has 0 fully saturated rings. The van der Waals surface area contributed by atoms with Gasteiger partial charge < -0.3 is 4.74 Å². The highest BCUT2D eigenvalue weighted by atomic mass is 79.9. The van der Waals surface area contributed by atoms with Crippen LogP contribution in [0.2, 0.25) is 0 Å². The molecule has 6 heteroatoms. The Kier molecular flexibility index (Phi) is 3.80. The minimum absolute atomic E-state index is 0.00984. The molecule has 0 unspecified atom stereocenters. The number of hydrogen-bond donors (Lipinski definition) is 0. The largest absolute Gasteiger partial charge is 0.437 e. The lowest BCUT2D eigenvalue weighted by atomic mass is 10.2. The van der Waals surface area contributed by atoms with Crippen LogP contribution in [0.3, 0.4) is 0 Å². The SMILES string of the molecule is Cc1ccc([N+](=O)[O-])cc1Oc1nccc(C)c1Br. The summed E-state index contributed by atoms with van der Waals surface area (Å²) in [5.41, 5.74) is 1.78. The molecular formula is C13H11BrN2O3. The minimum Gasteiger partial charge on any atom is -0.437 e. The summed E-state index contributed by atoms with van der Waals surface area (Å²) < 4.78 is 6.39. The van der Waals surface area contributed by atoms with Gasteiger partial charge >= 0.3 is 0 Å². The summed E-state index contributed by atoms with van der Waals surface area (Å²) in [7, 11) is 0. The van der Waals surface area contributed by atoms with Crippen molar-refractivity contribution < 1.29 is 9.66 Å². The first-order valence-electron chi connectivity index (χ1n) is 5.53. The van der Waals surface area contributed by atoms with Gasteiger partial charge in [0.25, 0.3) is 5.69 Å². The predicted octanol–water partition coefficient (Wildman–Crippen LogP) is 4.16. The Hall–Kier alpha value is -1.95. The van der Waals surface area contributed by atoms with Gasteiger partial charge in [0.15, 0.2) is 0 Å². The molecule has 1 aromatic heterocycles. The predicted molar refractivity (Wildman–Crippen MR) is 74.6 cm³/mol. The van der Waals surface area contributed by atoms with Gasteiger partial charge in [0, 0.05) is 12.3 Å². The summed E-state index contributed by atoms with van der Waals surface area (Å²) in [6.45, 7) is 3.74. The number of aryl methyl sites for hydroxylation is 2. The quantitative estimate of drug-likeness (QED) is 0.628. The van der Waals surface area contributed by atoms with E-state index in [0.29, 0.717) is 11.6 Å². The van der Waals surface area contributed by atoms with Crippen LogP contribution in [0.5, 0.6) is 11.6 Å². The minimum atomic E-state index is -0.453. The Morgan fingerprint density at radius 3 is 2.68 bits per heavy atom. The first kappa shape index (κ1) is 13.5. The molecule has 0 N–H and O–H groups in total. The van der Waals surface area contributed by atoms with Crippen molar-refractivity contribution in [3.05, 3.63) is 56.2 Å². The molecule has 0 saturated carbocycles. The van der Waals surface area contributed by atoms with Crippen molar-refractivity contribution in [3.63, 3.8) is 0 Å². The molecular weight excluding hydrogens is 312 g/mol. The molecule has 19 heavy (non-hydrogen) atoms. The highest BCUT2D eigenvalue weighted by molar-refractivity contribution is 9.10. The van der Waals surface area contributed by atoms with E-state index in [4.69, 9.17) is 4.74 Å². The van der Waals surface area contributed by atoms with Gasteiger partial charge in [-0.25, -0.2) is 4.98 Å². The van der Waals surface area contributed by atoms with Crippen LogP contribution in [0.1, 0.15) is 11.1 Å². The molecule has 0 bridgehead atoms. The van der Waals surface area contributed by atoms with E-state index in [1.54, 1.807) is 12.3 Å².